The van der Waals surface area contributed by atoms with E-state index in [2.05, 4.69) is 30.0 Å². The normalized spacial score (nSPS) is 11.8. The summed E-state index contributed by atoms with van der Waals surface area (Å²) in [6.07, 6.45) is 0.854. The zero-order valence-electron chi connectivity index (χ0n) is 20.6. The van der Waals surface area contributed by atoms with Crippen LogP contribution >= 0.6 is 0 Å². The van der Waals surface area contributed by atoms with E-state index in [1.54, 1.807) is 31.4 Å². The van der Waals surface area contributed by atoms with Crippen molar-refractivity contribution in [3.63, 3.8) is 0 Å². The molecule has 0 bridgehead atoms. The van der Waals surface area contributed by atoms with Gasteiger partial charge in [-0.1, -0.05) is 54.1 Å². The fourth-order valence-electron chi connectivity index (χ4n) is 4.47. The van der Waals surface area contributed by atoms with Gasteiger partial charge < -0.3 is 14.3 Å². The first kappa shape index (κ1) is 25.8. The number of benzene rings is 3. The minimum absolute atomic E-state index is 0.195. The van der Waals surface area contributed by atoms with Gasteiger partial charge in [-0.2, -0.15) is 0 Å². The molecule has 0 spiro atoms. The highest BCUT2D eigenvalue weighted by Gasteiger charge is 2.38. The van der Waals surface area contributed by atoms with Crippen LogP contribution in [0.5, 0.6) is 0 Å². The summed E-state index contributed by atoms with van der Waals surface area (Å²) in [5, 5.41) is 11.9. The lowest BCUT2D eigenvalue weighted by molar-refractivity contribution is 0.0941. The van der Waals surface area contributed by atoms with Gasteiger partial charge in [0.15, 0.2) is 5.60 Å². The Bertz CT molecular complexity index is 1240. The Morgan fingerprint density at radius 2 is 1.53 bits per heavy atom. The minimum Gasteiger partial charge on any atom is -0.461 e. The number of aliphatic hydroxyl groups is 1. The van der Waals surface area contributed by atoms with Crippen LogP contribution in [0, 0.1) is 18.6 Å². The van der Waals surface area contributed by atoms with Gasteiger partial charge in [0.05, 0.1) is 6.54 Å². The van der Waals surface area contributed by atoms with Gasteiger partial charge in [-0.3, -0.25) is 4.90 Å². The van der Waals surface area contributed by atoms with Crippen LogP contribution in [-0.2, 0) is 23.4 Å². The molecular formula is C30H31F2NO3. The molecule has 0 amide bonds. The largest absolute Gasteiger partial charge is 0.461 e. The van der Waals surface area contributed by atoms with Crippen molar-refractivity contribution in [1.29, 1.82) is 0 Å². The van der Waals surface area contributed by atoms with E-state index in [-0.39, 0.29) is 16.9 Å². The van der Waals surface area contributed by atoms with Crippen LogP contribution in [0.25, 0.3) is 0 Å². The lowest BCUT2D eigenvalue weighted by Crippen LogP contribution is -2.29. The molecule has 0 saturated carbocycles. The van der Waals surface area contributed by atoms with E-state index >= 15 is 0 Å². The summed E-state index contributed by atoms with van der Waals surface area (Å²) >= 11 is 0. The van der Waals surface area contributed by atoms with E-state index < -0.39 is 17.2 Å². The summed E-state index contributed by atoms with van der Waals surface area (Å²) in [7, 11) is 1.68. The molecule has 36 heavy (non-hydrogen) atoms. The third kappa shape index (κ3) is 6.08. The summed E-state index contributed by atoms with van der Waals surface area (Å²) < 4.78 is 39.7. The van der Waals surface area contributed by atoms with Crippen molar-refractivity contribution < 1.29 is 23.0 Å². The van der Waals surface area contributed by atoms with Crippen LogP contribution in [0.15, 0.2) is 89.3 Å². The SMILES string of the molecule is COCCCN(Cc1cccc(C)c1)Cc1ccc(C(O)(c2cccc(F)c2)c2cccc(F)c2)o1. The Kier molecular flexibility index (Phi) is 8.31. The van der Waals surface area contributed by atoms with Gasteiger partial charge >= 0.3 is 0 Å². The van der Waals surface area contributed by atoms with Crippen molar-refractivity contribution in [2.75, 3.05) is 20.3 Å². The van der Waals surface area contributed by atoms with E-state index in [1.165, 1.54) is 47.5 Å². The molecule has 1 heterocycles. The van der Waals surface area contributed by atoms with E-state index in [4.69, 9.17) is 9.15 Å². The number of hydrogen-bond donors (Lipinski definition) is 1. The summed E-state index contributed by atoms with van der Waals surface area (Å²) in [6.45, 7) is 4.72. The van der Waals surface area contributed by atoms with Gasteiger partial charge in [-0.15, -0.1) is 0 Å². The molecule has 0 aliphatic carbocycles. The summed E-state index contributed by atoms with van der Waals surface area (Å²) in [5.74, 6) is -0.171. The van der Waals surface area contributed by atoms with Crippen molar-refractivity contribution in [1.82, 2.24) is 4.90 Å². The third-order valence-corrected chi connectivity index (χ3v) is 6.19. The number of hydrogen-bond acceptors (Lipinski definition) is 4. The smallest absolute Gasteiger partial charge is 0.173 e. The fraction of sp³-hybridized carbons (Fsp3) is 0.267. The first-order valence-electron chi connectivity index (χ1n) is 12.0. The van der Waals surface area contributed by atoms with Gasteiger partial charge in [0.2, 0.25) is 0 Å². The Morgan fingerprint density at radius 1 is 0.861 bits per heavy atom. The van der Waals surface area contributed by atoms with Crippen LogP contribution in [0.4, 0.5) is 8.78 Å². The summed E-state index contributed by atoms with van der Waals surface area (Å²) in [5.41, 5.74) is 1.03. The zero-order chi connectivity index (χ0) is 25.5. The average molecular weight is 492 g/mol. The lowest BCUT2D eigenvalue weighted by atomic mass is 9.84. The van der Waals surface area contributed by atoms with Crippen molar-refractivity contribution in [3.05, 3.63) is 130 Å². The number of rotatable bonds is 11. The second kappa shape index (κ2) is 11.6. The number of nitrogens with zero attached hydrogens (tertiary/aromatic N) is 1. The number of furan rings is 1. The molecule has 6 heteroatoms. The topological polar surface area (TPSA) is 45.8 Å². The van der Waals surface area contributed by atoms with Crippen LogP contribution < -0.4 is 0 Å². The van der Waals surface area contributed by atoms with Gasteiger partial charge in [-0.05, 0) is 66.4 Å². The number of aryl methyl sites for hydroxylation is 1. The second-order valence-electron chi connectivity index (χ2n) is 9.04. The van der Waals surface area contributed by atoms with Gasteiger partial charge in [0.25, 0.3) is 0 Å². The Hall–Kier alpha value is -3.32. The second-order valence-corrected chi connectivity index (χ2v) is 9.04. The maximum absolute atomic E-state index is 14.1. The number of ether oxygens (including phenoxy) is 1. The van der Waals surface area contributed by atoms with Crippen molar-refractivity contribution in [3.8, 4) is 0 Å². The first-order valence-corrected chi connectivity index (χ1v) is 12.0. The molecule has 4 aromatic rings. The molecular weight excluding hydrogens is 460 g/mol. The highest BCUT2D eigenvalue weighted by Crippen LogP contribution is 2.38. The molecule has 188 valence electrons. The molecule has 0 saturated heterocycles. The van der Waals surface area contributed by atoms with Crippen LogP contribution in [0.1, 0.15) is 40.2 Å². The predicted molar refractivity (Wildman–Crippen MR) is 135 cm³/mol. The maximum Gasteiger partial charge on any atom is 0.173 e. The molecule has 0 unspecified atom stereocenters. The van der Waals surface area contributed by atoms with Gasteiger partial charge in [0.1, 0.15) is 23.2 Å². The van der Waals surface area contributed by atoms with Crippen molar-refractivity contribution in [2.24, 2.45) is 0 Å². The highest BCUT2D eigenvalue weighted by molar-refractivity contribution is 5.44. The standard InChI is InChI=1S/C30H31F2NO3/c1-22-7-3-8-23(17-22)20-33(15-6-16-35-2)21-28-13-14-29(36-28)30(34,24-9-4-11-26(31)18-24)25-10-5-12-27(32)19-25/h3-5,7-14,17-19,34H,6,15-16,20-21H2,1-2H3. The van der Waals surface area contributed by atoms with Crippen molar-refractivity contribution in [2.45, 2.75) is 32.0 Å². The molecule has 0 aliphatic heterocycles. The Balaban J connectivity index is 1.65. The zero-order valence-corrected chi connectivity index (χ0v) is 20.6. The van der Waals surface area contributed by atoms with Crippen LogP contribution in [0.3, 0.4) is 0 Å². The molecule has 0 aliphatic rings. The van der Waals surface area contributed by atoms with E-state index in [9.17, 15) is 13.9 Å². The molecule has 4 rings (SSSR count). The molecule has 0 fully saturated rings. The van der Waals surface area contributed by atoms with Crippen LogP contribution in [0.2, 0.25) is 0 Å². The third-order valence-electron chi connectivity index (χ3n) is 6.19. The monoisotopic (exact) mass is 491 g/mol. The van der Waals surface area contributed by atoms with Crippen LogP contribution in [-0.4, -0.2) is 30.3 Å². The lowest BCUT2D eigenvalue weighted by Gasteiger charge is -2.27. The summed E-state index contributed by atoms with van der Waals surface area (Å²) in [4.78, 5) is 2.25. The quantitative estimate of drug-likeness (QED) is 0.254. The van der Waals surface area contributed by atoms with E-state index in [0.29, 0.717) is 18.9 Å². The first-order chi connectivity index (χ1) is 17.4. The van der Waals surface area contributed by atoms with Crippen molar-refractivity contribution >= 4 is 0 Å². The molecule has 0 radical (unpaired) electrons. The Labute approximate surface area is 210 Å². The summed E-state index contributed by atoms with van der Waals surface area (Å²) in [6, 6.07) is 23.1. The molecule has 3 aromatic carbocycles. The maximum atomic E-state index is 14.1. The average Bonchev–Trinajstić information content (AvgIpc) is 3.32. The molecule has 1 aromatic heterocycles. The molecule has 1 N–H and O–H groups in total. The van der Waals surface area contributed by atoms with Gasteiger partial charge in [-0.25, -0.2) is 8.78 Å². The molecule has 0 atom stereocenters. The molecule has 4 nitrogen and oxygen atoms in total. The van der Waals surface area contributed by atoms with Gasteiger partial charge in [0, 0.05) is 26.8 Å². The fourth-order valence-corrected chi connectivity index (χ4v) is 4.47. The van der Waals surface area contributed by atoms with E-state index in [1.807, 2.05) is 6.07 Å². The number of methoxy groups -OCH3 is 1. The Morgan fingerprint density at radius 3 is 2.14 bits per heavy atom. The highest BCUT2D eigenvalue weighted by atomic mass is 19.1. The number of halogens is 2. The van der Waals surface area contributed by atoms with E-state index in [0.717, 1.165) is 19.5 Å². The predicted octanol–water partition coefficient (Wildman–Crippen LogP) is 6.19. The minimum atomic E-state index is -1.86.